The van der Waals surface area contributed by atoms with E-state index >= 15 is 0 Å². The van der Waals surface area contributed by atoms with Gasteiger partial charge in [0.25, 0.3) is 5.91 Å². The normalized spacial score (nSPS) is 18.5. The lowest BCUT2D eigenvalue weighted by Gasteiger charge is -2.31. The fraction of sp³-hybridized carbons (Fsp3) is 0.250. The summed E-state index contributed by atoms with van der Waals surface area (Å²) in [5, 5.41) is 16.2. The highest BCUT2D eigenvalue weighted by Crippen LogP contribution is 2.36. The van der Waals surface area contributed by atoms with Crippen LogP contribution < -0.4 is 4.74 Å². The van der Waals surface area contributed by atoms with Crippen molar-refractivity contribution in [2.24, 2.45) is 5.10 Å². The molecule has 3 rings (SSSR count). The molecule has 0 unspecified atom stereocenters. The maximum atomic E-state index is 12.8. The van der Waals surface area contributed by atoms with Gasteiger partial charge in [-0.05, 0) is 31.2 Å². The van der Waals surface area contributed by atoms with Crippen molar-refractivity contribution in [1.29, 1.82) is 0 Å². The standard InChI is InChI=1S/C20H19BrN2O5/c1-2-27-19(25)17-12-20(26,14-8-10-15(21)11-9-14)23(22-17)18(24)13-28-16-6-4-3-5-7-16/h3-11,26H,2,12-13H2,1H3/t20-/m1/s1. The quantitative estimate of drug-likeness (QED) is 0.689. The smallest absolute Gasteiger partial charge is 0.354 e. The van der Waals surface area contributed by atoms with Crippen LogP contribution in [-0.2, 0) is 20.1 Å². The molecule has 1 aliphatic heterocycles. The maximum Gasteiger partial charge on any atom is 0.354 e. The van der Waals surface area contributed by atoms with Gasteiger partial charge in [-0.15, -0.1) is 0 Å². The molecule has 0 aliphatic carbocycles. The van der Waals surface area contributed by atoms with Crippen LogP contribution in [-0.4, -0.2) is 40.9 Å². The lowest BCUT2D eigenvalue weighted by molar-refractivity contribution is -0.160. The second-order valence-electron chi connectivity index (χ2n) is 6.07. The van der Waals surface area contributed by atoms with E-state index in [0.717, 1.165) is 9.48 Å². The number of hydrazone groups is 1. The summed E-state index contributed by atoms with van der Waals surface area (Å²) < 4.78 is 11.3. The molecule has 2 aromatic carbocycles. The number of esters is 1. The van der Waals surface area contributed by atoms with Crippen molar-refractivity contribution in [3.8, 4) is 5.75 Å². The molecule has 0 aromatic heterocycles. The molecule has 1 N–H and O–H groups in total. The Bertz CT molecular complexity index is 885. The van der Waals surface area contributed by atoms with E-state index in [4.69, 9.17) is 9.47 Å². The second-order valence-corrected chi connectivity index (χ2v) is 6.99. The number of carbonyl (C=O) groups excluding carboxylic acids is 2. The molecule has 0 saturated heterocycles. The number of hydrogen-bond donors (Lipinski definition) is 1. The number of halogens is 1. The fourth-order valence-corrected chi connectivity index (χ4v) is 3.07. The summed E-state index contributed by atoms with van der Waals surface area (Å²) in [6.45, 7) is 1.49. The number of carbonyl (C=O) groups is 2. The lowest BCUT2D eigenvalue weighted by Crippen LogP contribution is -2.45. The van der Waals surface area contributed by atoms with Crippen LogP contribution in [0.2, 0.25) is 0 Å². The zero-order valence-electron chi connectivity index (χ0n) is 15.2. The summed E-state index contributed by atoms with van der Waals surface area (Å²) in [6, 6.07) is 15.6. The topological polar surface area (TPSA) is 88.4 Å². The third-order valence-electron chi connectivity index (χ3n) is 4.14. The van der Waals surface area contributed by atoms with Crippen LogP contribution in [0, 0.1) is 0 Å². The van der Waals surface area contributed by atoms with Crippen molar-refractivity contribution < 1.29 is 24.2 Å². The second kappa shape index (κ2) is 8.53. The van der Waals surface area contributed by atoms with E-state index in [1.807, 2.05) is 6.07 Å². The molecule has 1 atom stereocenters. The molecular weight excluding hydrogens is 428 g/mol. The Labute approximate surface area is 170 Å². The number of ether oxygens (including phenoxy) is 2. The SMILES string of the molecule is CCOC(=O)C1=NN(C(=O)COc2ccccc2)[C@](O)(c2ccc(Br)cc2)C1. The average Bonchev–Trinajstić information content (AvgIpc) is 3.06. The van der Waals surface area contributed by atoms with Crippen LogP contribution >= 0.6 is 15.9 Å². The molecule has 0 spiro atoms. The Balaban J connectivity index is 1.86. The minimum Gasteiger partial charge on any atom is -0.484 e. The van der Waals surface area contributed by atoms with E-state index in [1.165, 1.54) is 0 Å². The molecule has 28 heavy (non-hydrogen) atoms. The summed E-state index contributed by atoms with van der Waals surface area (Å²) >= 11 is 3.34. The van der Waals surface area contributed by atoms with E-state index < -0.39 is 17.6 Å². The number of benzene rings is 2. The van der Waals surface area contributed by atoms with Crippen molar-refractivity contribution >= 4 is 33.5 Å². The van der Waals surface area contributed by atoms with Crippen LogP contribution in [0.5, 0.6) is 5.75 Å². The van der Waals surface area contributed by atoms with Crippen LogP contribution in [0.3, 0.4) is 0 Å². The zero-order chi connectivity index (χ0) is 20.1. The van der Waals surface area contributed by atoms with Gasteiger partial charge in [0.2, 0.25) is 0 Å². The monoisotopic (exact) mass is 446 g/mol. The summed E-state index contributed by atoms with van der Waals surface area (Å²) in [5.41, 5.74) is -1.41. The minimum atomic E-state index is -1.81. The number of para-hydroxylation sites is 1. The fourth-order valence-electron chi connectivity index (χ4n) is 2.80. The maximum absolute atomic E-state index is 12.8. The third-order valence-corrected chi connectivity index (χ3v) is 4.67. The van der Waals surface area contributed by atoms with Crippen LogP contribution in [0.4, 0.5) is 0 Å². The van der Waals surface area contributed by atoms with Gasteiger partial charge in [0.15, 0.2) is 18.0 Å². The Morgan fingerprint density at radius 2 is 1.86 bits per heavy atom. The lowest BCUT2D eigenvalue weighted by atomic mass is 9.97. The van der Waals surface area contributed by atoms with E-state index in [-0.39, 0.29) is 25.3 Å². The number of rotatable bonds is 6. The summed E-state index contributed by atoms with van der Waals surface area (Å²) in [5.74, 6) is -0.747. The first-order chi connectivity index (χ1) is 13.4. The van der Waals surface area contributed by atoms with Gasteiger partial charge in [-0.25, -0.2) is 4.79 Å². The molecular formula is C20H19BrN2O5. The molecule has 146 valence electrons. The van der Waals surface area contributed by atoms with E-state index in [1.54, 1.807) is 55.5 Å². The van der Waals surface area contributed by atoms with Crippen molar-refractivity contribution in [2.75, 3.05) is 13.2 Å². The molecule has 2 aromatic rings. The minimum absolute atomic E-state index is 0.0275. The van der Waals surface area contributed by atoms with Crippen molar-refractivity contribution in [1.82, 2.24) is 5.01 Å². The number of hydrogen-bond acceptors (Lipinski definition) is 6. The number of nitrogens with zero attached hydrogens (tertiary/aromatic N) is 2. The molecule has 1 heterocycles. The van der Waals surface area contributed by atoms with Crippen LogP contribution in [0.25, 0.3) is 0 Å². The highest BCUT2D eigenvalue weighted by Gasteiger charge is 2.48. The van der Waals surface area contributed by atoms with Crippen molar-refractivity contribution in [2.45, 2.75) is 19.1 Å². The number of aliphatic hydroxyl groups is 1. The van der Waals surface area contributed by atoms with Gasteiger partial charge >= 0.3 is 5.97 Å². The predicted octanol–water partition coefficient (Wildman–Crippen LogP) is 2.82. The van der Waals surface area contributed by atoms with Gasteiger partial charge in [-0.1, -0.05) is 46.3 Å². The highest BCUT2D eigenvalue weighted by atomic mass is 79.9. The van der Waals surface area contributed by atoms with Crippen LogP contribution in [0.15, 0.2) is 64.2 Å². The summed E-state index contributed by atoms with van der Waals surface area (Å²) in [4.78, 5) is 24.9. The molecule has 0 bridgehead atoms. The van der Waals surface area contributed by atoms with Gasteiger partial charge in [0, 0.05) is 10.0 Å². The average molecular weight is 447 g/mol. The first-order valence-electron chi connectivity index (χ1n) is 8.68. The summed E-state index contributed by atoms with van der Waals surface area (Å²) in [6.07, 6.45) is -0.176. The van der Waals surface area contributed by atoms with Gasteiger partial charge < -0.3 is 14.6 Å². The first kappa shape index (κ1) is 20.0. The molecule has 0 radical (unpaired) electrons. The van der Waals surface area contributed by atoms with E-state index in [0.29, 0.717) is 11.3 Å². The van der Waals surface area contributed by atoms with Gasteiger partial charge in [-0.2, -0.15) is 10.1 Å². The van der Waals surface area contributed by atoms with Crippen molar-refractivity contribution in [3.63, 3.8) is 0 Å². The Morgan fingerprint density at radius 1 is 1.18 bits per heavy atom. The molecule has 7 nitrogen and oxygen atoms in total. The molecule has 1 amide bonds. The van der Waals surface area contributed by atoms with Gasteiger partial charge in [0.1, 0.15) is 5.75 Å². The van der Waals surface area contributed by atoms with E-state index in [2.05, 4.69) is 21.0 Å². The Hall–Kier alpha value is -2.71. The van der Waals surface area contributed by atoms with E-state index in [9.17, 15) is 14.7 Å². The number of amides is 1. The largest absolute Gasteiger partial charge is 0.484 e. The highest BCUT2D eigenvalue weighted by molar-refractivity contribution is 9.10. The van der Waals surface area contributed by atoms with Crippen LogP contribution in [0.1, 0.15) is 18.9 Å². The Morgan fingerprint density at radius 3 is 2.50 bits per heavy atom. The molecule has 1 aliphatic rings. The molecule has 0 fully saturated rings. The first-order valence-corrected chi connectivity index (χ1v) is 9.47. The third kappa shape index (κ3) is 4.23. The Kier molecular flexibility index (Phi) is 6.11. The van der Waals surface area contributed by atoms with Gasteiger partial charge in [0.05, 0.1) is 13.0 Å². The molecule has 8 heteroatoms. The van der Waals surface area contributed by atoms with Crippen molar-refractivity contribution in [3.05, 3.63) is 64.6 Å². The zero-order valence-corrected chi connectivity index (χ0v) is 16.8. The molecule has 0 saturated carbocycles. The predicted molar refractivity (Wildman–Crippen MR) is 106 cm³/mol. The van der Waals surface area contributed by atoms with Gasteiger partial charge in [-0.3, -0.25) is 4.79 Å². The summed E-state index contributed by atoms with van der Waals surface area (Å²) in [7, 11) is 0.